The Morgan fingerprint density at radius 1 is 1.47 bits per heavy atom. The SMILES string of the molecule is CN(C)CCCOc1ccc([N+](=O)[O-])c(C(=O)O)c1. The molecule has 0 atom stereocenters. The Morgan fingerprint density at radius 3 is 2.68 bits per heavy atom. The molecule has 19 heavy (non-hydrogen) atoms. The summed E-state index contributed by atoms with van der Waals surface area (Å²) in [5, 5.41) is 19.6. The van der Waals surface area contributed by atoms with E-state index in [9.17, 15) is 14.9 Å². The minimum Gasteiger partial charge on any atom is -0.494 e. The summed E-state index contributed by atoms with van der Waals surface area (Å²) in [6, 6.07) is 3.72. The lowest BCUT2D eigenvalue weighted by atomic mass is 10.1. The fourth-order valence-electron chi connectivity index (χ4n) is 1.51. The van der Waals surface area contributed by atoms with E-state index in [1.807, 2.05) is 19.0 Å². The Hall–Kier alpha value is -2.15. The molecular formula is C12H16N2O5. The Balaban J connectivity index is 2.73. The Labute approximate surface area is 110 Å². The normalized spacial score (nSPS) is 10.5. The standard InChI is InChI=1S/C12H16N2O5/c1-13(2)6-3-7-19-9-4-5-11(14(17)18)10(8-9)12(15)16/h4-5,8H,3,6-7H2,1-2H3,(H,15,16). The predicted octanol–water partition coefficient (Wildman–Crippen LogP) is 1.62. The lowest BCUT2D eigenvalue weighted by molar-refractivity contribution is -0.385. The maximum absolute atomic E-state index is 10.9. The van der Waals surface area contributed by atoms with E-state index in [-0.39, 0.29) is 5.56 Å². The second-order valence-electron chi connectivity index (χ2n) is 4.25. The number of rotatable bonds is 7. The van der Waals surface area contributed by atoms with Crippen LogP contribution in [0.4, 0.5) is 5.69 Å². The number of aromatic carboxylic acids is 1. The average molecular weight is 268 g/mol. The van der Waals surface area contributed by atoms with Crippen LogP contribution in [0.15, 0.2) is 18.2 Å². The summed E-state index contributed by atoms with van der Waals surface area (Å²) in [5.41, 5.74) is -0.803. The maximum atomic E-state index is 10.9. The molecule has 1 aromatic rings. The Bertz CT molecular complexity index is 473. The second-order valence-corrected chi connectivity index (χ2v) is 4.25. The van der Waals surface area contributed by atoms with Gasteiger partial charge in [-0.3, -0.25) is 10.1 Å². The van der Waals surface area contributed by atoms with Crippen molar-refractivity contribution in [3.05, 3.63) is 33.9 Å². The first-order chi connectivity index (χ1) is 8.91. The van der Waals surface area contributed by atoms with Crippen LogP contribution in [-0.2, 0) is 0 Å². The van der Waals surface area contributed by atoms with Crippen molar-refractivity contribution >= 4 is 11.7 Å². The zero-order valence-corrected chi connectivity index (χ0v) is 10.8. The molecule has 0 amide bonds. The number of hydrogen-bond donors (Lipinski definition) is 1. The first kappa shape index (κ1) is 14.9. The van der Waals surface area contributed by atoms with Crippen molar-refractivity contribution in [1.29, 1.82) is 0 Å². The molecule has 0 saturated carbocycles. The molecule has 0 heterocycles. The third kappa shape index (κ3) is 4.55. The lowest BCUT2D eigenvalue weighted by Gasteiger charge is -2.10. The number of carbonyl (C=O) groups is 1. The molecule has 0 spiro atoms. The monoisotopic (exact) mass is 268 g/mol. The van der Waals surface area contributed by atoms with Crippen LogP contribution >= 0.6 is 0 Å². The molecule has 0 aromatic heterocycles. The summed E-state index contributed by atoms with van der Waals surface area (Å²) >= 11 is 0. The van der Waals surface area contributed by atoms with Crippen molar-refractivity contribution in [3.8, 4) is 5.75 Å². The van der Waals surface area contributed by atoms with Crippen LogP contribution in [0.5, 0.6) is 5.75 Å². The fourth-order valence-corrected chi connectivity index (χ4v) is 1.51. The Kier molecular flexibility index (Phi) is 5.25. The molecule has 0 bridgehead atoms. The minimum absolute atomic E-state index is 0.321. The zero-order valence-electron chi connectivity index (χ0n) is 10.8. The van der Waals surface area contributed by atoms with Gasteiger partial charge in [-0.2, -0.15) is 0 Å². The van der Waals surface area contributed by atoms with Gasteiger partial charge in [-0.05, 0) is 26.6 Å². The molecule has 0 aliphatic rings. The number of nitro groups is 1. The van der Waals surface area contributed by atoms with Crippen molar-refractivity contribution in [2.24, 2.45) is 0 Å². The van der Waals surface area contributed by atoms with Crippen molar-refractivity contribution in [2.45, 2.75) is 6.42 Å². The highest BCUT2D eigenvalue weighted by atomic mass is 16.6. The zero-order chi connectivity index (χ0) is 14.4. The van der Waals surface area contributed by atoms with Crippen molar-refractivity contribution in [1.82, 2.24) is 4.90 Å². The summed E-state index contributed by atoms with van der Waals surface area (Å²) in [4.78, 5) is 22.9. The van der Waals surface area contributed by atoms with Crippen molar-refractivity contribution in [2.75, 3.05) is 27.2 Å². The number of hydrogen-bond acceptors (Lipinski definition) is 5. The lowest BCUT2D eigenvalue weighted by Crippen LogP contribution is -2.15. The summed E-state index contributed by atoms with van der Waals surface area (Å²) in [5.74, 6) is -1.02. The quantitative estimate of drug-likeness (QED) is 0.459. The molecule has 0 aliphatic heterocycles. The Morgan fingerprint density at radius 2 is 2.16 bits per heavy atom. The van der Waals surface area contributed by atoms with Gasteiger partial charge in [-0.25, -0.2) is 4.79 Å². The van der Waals surface area contributed by atoms with Gasteiger partial charge in [0.15, 0.2) is 0 Å². The molecular weight excluding hydrogens is 252 g/mol. The van der Waals surface area contributed by atoms with Gasteiger partial charge in [0, 0.05) is 18.7 Å². The molecule has 7 heteroatoms. The van der Waals surface area contributed by atoms with Gasteiger partial charge < -0.3 is 14.7 Å². The molecule has 7 nitrogen and oxygen atoms in total. The number of ether oxygens (including phenoxy) is 1. The first-order valence-corrected chi connectivity index (χ1v) is 5.71. The van der Waals surface area contributed by atoms with E-state index in [1.54, 1.807) is 0 Å². The van der Waals surface area contributed by atoms with Gasteiger partial charge >= 0.3 is 5.97 Å². The third-order valence-corrected chi connectivity index (χ3v) is 2.41. The summed E-state index contributed by atoms with van der Waals surface area (Å²) in [6.07, 6.45) is 0.784. The maximum Gasteiger partial charge on any atom is 0.342 e. The van der Waals surface area contributed by atoms with E-state index in [1.165, 1.54) is 12.1 Å². The average Bonchev–Trinajstić information content (AvgIpc) is 2.33. The number of carboxylic acid groups (broad SMARTS) is 1. The predicted molar refractivity (Wildman–Crippen MR) is 68.7 cm³/mol. The molecule has 0 saturated heterocycles. The molecule has 1 aromatic carbocycles. The van der Waals surface area contributed by atoms with Gasteiger partial charge in [-0.15, -0.1) is 0 Å². The van der Waals surface area contributed by atoms with E-state index < -0.39 is 16.6 Å². The van der Waals surface area contributed by atoms with Gasteiger partial charge in [-0.1, -0.05) is 0 Å². The molecule has 0 unspecified atom stereocenters. The van der Waals surface area contributed by atoms with Crippen LogP contribution < -0.4 is 4.74 Å². The molecule has 0 aliphatic carbocycles. The summed E-state index contributed by atoms with van der Waals surface area (Å²) in [6.45, 7) is 1.27. The van der Waals surface area contributed by atoms with Crippen LogP contribution in [0.2, 0.25) is 0 Å². The number of benzene rings is 1. The van der Waals surface area contributed by atoms with Gasteiger partial charge in [0.2, 0.25) is 0 Å². The van der Waals surface area contributed by atoms with E-state index in [0.717, 1.165) is 19.0 Å². The van der Waals surface area contributed by atoms with Gasteiger partial charge in [0.05, 0.1) is 11.5 Å². The van der Waals surface area contributed by atoms with Gasteiger partial charge in [0.25, 0.3) is 5.69 Å². The van der Waals surface area contributed by atoms with Crippen molar-refractivity contribution < 1.29 is 19.6 Å². The second kappa shape index (κ2) is 6.69. The van der Waals surface area contributed by atoms with Crippen LogP contribution in [0.3, 0.4) is 0 Å². The molecule has 104 valence electrons. The van der Waals surface area contributed by atoms with Crippen molar-refractivity contribution in [3.63, 3.8) is 0 Å². The first-order valence-electron chi connectivity index (χ1n) is 5.71. The smallest absolute Gasteiger partial charge is 0.342 e. The van der Waals surface area contributed by atoms with Crippen LogP contribution in [0, 0.1) is 10.1 Å². The van der Waals surface area contributed by atoms with Crippen LogP contribution in [0.1, 0.15) is 16.8 Å². The fraction of sp³-hybridized carbons (Fsp3) is 0.417. The van der Waals surface area contributed by atoms with Crippen LogP contribution in [0.25, 0.3) is 0 Å². The summed E-state index contributed by atoms with van der Waals surface area (Å²) < 4.78 is 5.37. The largest absolute Gasteiger partial charge is 0.494 e. The molecule has 1 N–H and O–H groups in total. The number of nitro benzene ring substituents is 1. The minimum atomic E-state index is -1.34. The molecule has 1 rings (SSSR count). The third-order valence-electron chi connectivity index (χ3n) is 2.41. The molecule has 0 fully saturated rings. The topological polar surface area (TPSA) is 92.9 Å². The van der Waals surface area contributed by atoms with E-state index in [2.05, 4.69) is 0 Å². The number of carboxylic acids is 1. The molecule has 0 radical (unpaired) electrons. The highest BCUT2D eigenvalue weighted by Crippen LogP contribution is 2.24. The van der Waals surface area contributed by atoms with Crippen LogP contribution in [-0.4, -0.2) is 48.1 Å². The summed E-state index contributed by atoms with van der Waals surface area (Å²) in [7, 11) is 3.88. The van der Waals surface area contributed by atoms with E-state index in [4.69, 9.17) is 9.84 Å². The highest BCUT2D eigenvalue weighted by Gasteiger charge is 2.20. The van der Waals surface area contributed by atoms with Gasteiger partial charge in [0.1, 0.15) is 11.3 Å². The van der Waals surface area contributed by atoms with E-state index >= 15 is 0 Å². The number of nitrogens with zero attached hydrogens (tertiary/aromatic N) is 2. The highest BCUT2D eigenvalue weighted by molar-refractivity contribution is 5.92. The van der Waals surface area contributed by atoms with E-state index in [0.29, 0.717) is 12.4 Å².